The van der Waals surface area contributed by atoms with E-state index < -0.39 is 49.3 Å². The molecule has 8 heteroatoms. The number of aryl methyl sites for hydroxylation is 1. The summed E-state index contributed by atoms with van der Waals surface area (Å²) in [6, 6.07) is 3.17. The lowest BCUT2D eigenvalue weighted by molar-refractivity contribution is -0.271. The highest BCUT2D eigenvalue weighted by molar-refractivity contribution is 5.73. The summed E-state index contributed by atoms with van der Waals surface area (Å²) < 4.78 is 32.0. The smallest absolute Gasteiger partial charge is 0.335 e. The third-order valence-corrected chi connectivity index (χ3v) is 3.02. The normalized spacial score (nSPS) is 35.4. The summed E-state index contributed by atoms with van der Waals surface area (Å²) in [5, 5.41) is 47.8. The molecule has 2 rings (SSSR count). The predicted octanol–water partition coefficient (Wildman–Crippen LogP) is -1.03. The quantitative estimate of drug-likeness (QED) is 0.478. The molecule has 1 saturated heterocycles. The summed E-state index contributed by atoms with van der Waals surface area (Å²) in [4.78, 5) is 11.0. The summed E-state index contributed by atoms with van der Waals surface area (Å²) in [6.07, 6.45) is -9.22. The molecule has 21 heavy (non-hydrogen) atoms. The number of ether oxygens (including phenoxy) is 2. The number of carboxylic acid groups (broad SMARTS) is 1. The van der Waals surface area contributed by atoms with Gasteiger partial charge in [0.2, 0.25) is 6.29 Å². The van der Waals surface area contributed by atoms with E-state index in [-0.39, 0.29) is 11.3 Å². The number of carbonyl (C=O) groups is 1. The molecule has 0 saturated carbocycles. The standard InChI is InChI=1S/C13H16O8/c1-5-2-3-6(14)7(4-5)20-13-10(17)8(15)9(16)11(21-13)12(18)19/h2-4,8-11,13-17H,1H3,(H,18,19)/t8-,9-,10+,11-,13+/m0/s1/i1D3. The first-order chi connectivity index (χ1) is 11.0. The Morgan fingerprint density at radius 3 is 2.62 bits per heavy atom. The van der Waals surface area contributed by atoms with Gasteiger partial charge in [-0.3, -0.25) is 0 Å². The molecule has 1 heterocycles. The molecule has 5 N–H and O–H groups in total. The van der Waals surface area contributed by atoms with Gasteiger partial charge in [0.1, 0.15) is 18.3 Å². The lowest BCUT2D eigenvalue weighted by Crippen LogP contribution is -2.61. The van der Waals surface area contributed by atoms with E-state index >= 15 is 0 Å². The van der Waals surface area contributed by atoms with Crippen molar-refractivity contribution in [3.05, 3.63) is 23.8 Å². The molecule has 1 aliphatic rings. The van der Waals surface area contributed by atoms with Gasteiger partial charge in [0.25, 0.3) is 0 Å². The number of aliphatic hydroxyl groups excluding tert-OH is 3. The van der Waals surface area contributed by atoms with Crippen LogP contribution in [-0.4, -0.2) is 62.2 Å². The predicted molar refractivity (Wildman–Crippen MR) is 67.8 cm³/mol. The van der Waals surface area contributed by atoms with Gasteiger partial charge < -0.3 is 35.0 Å². The van der Waals surface area contributed by atoms with Crippen LogP contribution in [0.5, 0.6) is 11.5 Å². The number of aliphatic hydroxyl groups is 3. The van der Waals surface area contributed by atoms with E-state index in [4.69, 9.17) is 18.7 Å². The Kier molecular flexibility index (Phi) is 3.28. The molecule has 0 unspecified atom stereocenters. The van der Waals surface area contributed by atoms with Crippen molar-refractivity contribution in [1.82, 2.24) is 0 Å². The Labute approximate surface area is 124 Å². The fraction of sp³-hybridized carbons (Fsp3) is 0.462. The highest BCUT2D eigenvalue weighted by Gasteiger charge is 2.48. The van der Waals surface area contributed by atoms with Gasteiger partial charge in [-0.15, -0.1) is 0 Å². The minimum absolute atomic E-state index is 0.170. The summed E-state index contributed by atoms with van der Waals surface area (Å²) in [5.74, 6) is -2.46. The van der Waals surface area contributed by atoms with E-state index in [0.717, 1.165) is 18.2 Å². The maximum atomic E-state index is 11.0. The van der Waals surface area contributed by atoms with Crippen LogP contribution < -0.4 is 4.74 Å². The van der Waals surface area contributed by atoms with Crippen LogP contribution in [0.2, 0.25) is 0 Å². The molecule has 0 spiro atoms. The second-order valence-electron chi connectivity index (χ2n) is 4.54. The summed E-state index contributed by atoms with van der Waals surface area (Å²) in [5.41, 5.74) is -0.170. The van der Waals surface area contributed by atoms with E-state index in [1.807, 2.05) is 0 Å². The molecule has 0 aromatic heterocycles. The number of benzene rings is 1. The highest BCUT2D eigenvalue weighted by atomic mass is 16.7. The average molecular weight is 303 g/mol. The molecule has 0 radical (unpaired) electrons. The van der Waals surface area contributed by atoms with Crippen molar-refractivity contribution < 1.29 is 43.9 Å². The fourth-order valence-corrected chi connectivity index (χ4v) is 1.88. The molecule has 1 aromatic carbocycles. The van der Waals surface area contributed by atoms with Gasteiger partial charge in [-0.25, -0.2) is 4.79 Å². The van der Waals surface area contributed by atoms with Crippen LogP contribution in [0.25, 0.3) is 0 Å². The first kappa shape index (κ1) is 11.8. The van der Waals surface area contributed by atoms with E-state index in [0.29, 0.717) is 0 Å². The van der Waals surface area contributed by atoms with Gasteiger partial charge in [0.05, 0.1) is 0 Å². The molecule has 116 valence electrons. The van der Waals surface area contributed by atoms with Crippen molar-refractivity contribution in [2.45, 2.75) is 37.6 Å². The molecular weight excluding hydrogens is 284 g/mol. The van der Waals surface area contributed by atoms with Gasteiger partial charge in [-0.05, 0) is 24.5 Å². The molecule has 0 amide bonds. The lowest BCUT2D eigenvalue weighted by atomic mass is 9.99. The zero-order valence-corrected chi connectivity index (χ0v) is 10.6. The molecule has 5 atom stereocenters. The number of phenolic OH excluding ortho intramolecular Hbond substituents is 1. The Bertz CT molecular complexity index is 620. The van der Waals surface area contributed by atoms with Gasteiger partial charge in [-0.2, -0.15) is 0 Å². The van der Waals surface area contributed by atoms with Crippen LogP contribution in [0.1, 0.15) is 9.68 Å². The van der Waals surface area contributed by atoms with Crippen molar-refractivity contribution >= 4 is 5.97 Å². The van der Waals surface area contributed by atoms with Crippen molar-refractivity contribution in [3.63, 3.8) is 0 Å². The lowest BCUT2D eigenvalue weighted by Gasteiger charge is -2.38. The van der Waals surface area contributed by atoms with Gasteiger partial charge in [-0.1, -0.05) is 6.07 Å². The van der Waals surface area contributed by atoms with E-state index in [1.165, 1.54) is 0 Å². The van der Waals surface area contributed by atoms with Crippen molar-refractivity contribution in [3.8, 4) is 11.5 Å². The van der Waals surface area contributed by atoms with Crippen molar-refractivity contribution in [2.24, 2.45) is 0 Å². The second kappa shape index (κ2) is 5.86. The number of carboxylic acids is 1. The SMILES string of the molecule is [2H]C([2H])([2H])c1ccc(O)c(O[C@@H]2O[C@H](C(=O)O)[C@@H](O)[C@H](O)[C@H]2O)c1. The molecule has 8 nitrogen and oxygen atoms in total. The maximum absolute atomic E-state index is 11.0. The van der Waals surface area contributed by atoms with E-state index in [2.05, 4.69) is 0 Å². The molecule has 0 aliphatic carbocycles. The largest absolute Gasteiger partial charge is 0.504 e. The van der Waals surface area contributed by atoms with Crippen LogP contribution in [0.4, 0.5) is 0 Å². The van der Waals surface area contributed by atoms with Crippen molar-refractivity contribution in [2.75, 3.05) is 0 Å². The number of hydrogen-bond acceptors (Lipinski definition) is 7. The number of hydrogen-bond donors (Lipinski definition) is 5. The minimum atomic E-state index is -2.49. The van der Waals surface area contributed by atoms with Gasteiger partial charge >= 0.3 is 5.97 Å². The fourth-order valence-electron chi connectivity index (χ4n) is 1.88. The van der Waals surface area contributed by atoms with E-state index in [1.54, 1.807) is 0 Å². The topological polar surface area (TPSA) is 137 Å². The number of aromatic hydroxyl groups is 1. The second-order valence-corrected chi connectivity index (χ2v) is 4.54. The summed E-state index contributed by atoms with van der Waals surface area (Å²) in [6.45, 7) is -2.49. The van der Waals surface area contributed by atoms with Crippen LogP contribution in [0.3, 0.4) is 0 Å². The van der Waals surface area contributed by atoms with Crippen LogP contribution in [-0.2, 0) is 9.53 Å². The average Bonchev–Trinajstić information content (AvgIpc) is 2.48. The van der Waals surface area contributed by atoms with Gasteiger partial charge in [0.15, 0.2) is 17.6 Å². The number of aliphatic carboxylic acids is 1. The Morgan fingerprint density at radius 1 is 1.29 bits per heavy atom. The highest BCUT2D eigenvalue weighted by Crippen LogP contribution is 2.31. The zero-order chi connectivity index (χ0) is 18.2. The van der Waals surface area contributed by atoms with Crippen molar-refractivity contribution in [1.29, 1.82) is 0 Å². The zero-order valence-electron chi connectivity index (χ0n) is 13.6. The molecule has 1 fully saturated rings. The Morgan fingerprint density at radius 2 is 2.00 bits per heavy atom. The molecule has 0 bridgehead atoms. The monoisotopic (exact) mass is 303 g/mol. The van der Waals surface area contributed by atoms with Crippen LogP contribution in [0.15, 0.2) is 18.2 Å². The maximum Gasteiger partial charge on any atom is 0.335 e. The first-order valence-corrected chi connectivity index (χ1v) is 5.95. The van der Waals surface area contributed by atoms with Gasteiger partial charge in [0, 0.05) is 4.11 Å². The molecule has 1 aliphatic heterocycles. The summed E-state index contributed by atoms with van der Waals surface area (Å²) in [7, 11) is 0. The minimum Gasteiger partial charge on any atom is -0.504 e. The summed E-state index contributed by atoms with van der Waals surface area (Å²) >= 11 is 0. The van der Waals surface area contributed by atoms with Crippen LogP contribution in [0, 0.1) is 6.85 Å². The number of phenols is 1. The van der Waals surface area contributed by atoms with E-state index in [9.17, 15) is 25.2 Å². The molecular formula is C13H16O8. The first-order valence-electron chi connectivity index (χ1n) is 7.45. The third-order valence-electron chi connectivity index (χ3n) is 3.02. The third kappa shape index (κ3) is 3.08. The Balaban J connectivity index is 2.28. The molecule has 1 aromatic rings. The van der Waals surface area contributed by atoms with Crippen LogP contribution >= 0.6 is 0 Å². The Hall–Kier alpha value is -1.87. The number of rotatable bonds is 3.